The van der Waals surface area contributed by atoms with E-state index in [4.69, 9.17) is 9.52 Å². The van der Waals surface area contributed by atoms with Crippen molar-refractivity contribution >= 4 is 17.6 Å². The fourth-order valence-corrected chi connectivity index (χ4v) is 2.13. The highest BCUT2D eigenvalue weighted by molar-refractivity contribution is 6.04. The number of nitrogens with one attached hydrogen (secondary N) is 1. The molecule has 0 aliphatic heterocycles. The van der Waals surface area contributed by atoms with Gasteiger partial charge in [0.05, 0.1) is 0 Å². The molecule has 5 nitrogen and oxygen atoms in total. The highest BCUT2D eigenvalue weighted by atomic mass is 16.4. The number of benzene rings is 1. The van der Waals surface area contributed by atoms with E-state index in [-0.39, 0.29) is 11.3 Å². The lowest BCUT2D eigenvalue weighted by atomic mass is 10.0. The lowest BCUT2D eigenvalue weighted by molar-refractivity contribution is 0.0694. The number of carboxylic acid groups (broad SMARTS) is 1. The summed E-state index contributed by atoms with van der Waals surface area (Å²) in [4.78, 5) is 23.2. The smallest absolute Gasteiger partial charge is 0.339 e. The van der Waals surface area contributed by atoms with Crippen LogP contribution in [0.25, 0.3) is 0 Å². The van der Waals surface area contributed by atoms with Crippen molar-refractivity contribution in [3.05, 3.63) is 53.0 Å². The number of hydrogen-bond acceptors (Lipinski definition) is 3. The molecule has 0 saturated carbocycles. The van der Waals surface area contributed by atoms with Gasteiger partial charge in [0.1, 0.15) is 11.3 Å². The second-order valence-corrected chi connectivity index (χ2v) is 5.34. The molecular formula is C17H19NO4. The fraction of sp³-hybridized carbons (Fsp3) is 0.294. The molecule has 22 heavy (non-hydrogen) atoms. The van der Waals surface area contributed by atoms with Gasteiger partial charge in [-0.25, -0.2) is 4.79 Å². The van der Waals surface area contributed by atoms with E-state index in [1.165, 1.54) is 11.6 Å². The lowest BCUT2D eigenvalue weighted by Gasteiger charge is -2.07. The molecule has 0 aliphatic carbocycles. The molecule has 0 aliphatic rings. The molecule has 2 aromatic rings. The van der Waals surface area contributed by atoms with Crippen molar-refractivity contribution in [3.8, 4) is 0 Å². The van der Waals surface area contributed by atoms with E-state index in [0.717, 1.165) is 0 Å². The van der Waals surface area contributed by atoms with E-state index in [1.807, 2.05) is 24.3 Å². The van der Waals surface area contributed by atoms with Crippen LogP contribution >= 0.6 is 0 Å². The largest absolute Gasteiger partial charge is 0.478 e. The topological polar surface area (TPSA) is 79.5 Å². The van der Waals surface area contributed by atoms with Crippen molar-refractivity contribution in [1.82, 2.24) is 0 Å². The molecule has 1 aromatic carbocycles. The summed E-state index contributed by atoms with van der Waals surface area (Å²) in [5.41, 5.74) is 1.85. The van der Waals surface area contributed by atoms with Crippen LogP contribution in [0.1, 0.15) is 58.9 Å². The number of amides is 1. The number of anilines is 1. The first-order valence-electron chi connectivity index (χ1n) is 7.19. The number of carbonyl (C=O) groups is 2. The maximum Gasteiger partial charge on any atom is 0.339 e. The third kappa shape index (κ3) is 3.36. The molecular weight excluding hydrogens is 282 g/mol. The first-order valence-corrected chi connectivity index (χ1v) is 7.19. The summed E-state index contributed by atoms with van der Waals surface area (Å²) < 4.78 is 5.33. The lowest BCUT2D eigenvalue weighted by Crippen LogP contribution is -2.11. The van der Waals surface area contributed by atoms with Gasteiger partial charge >= 0.3 is 5.97 Å². The number of carboxylic acids is 1. The van der Waals surface area contributed by atoms with Gasteiger partial charge < -0.3 is 14.8 Å². The Balaban J connectivity index is 2.17. The molecule has 5 heteroatoms. The Kier molecular flexibility index (Phi) is 4.65. The van der Waals surface area contributed by atoms with E-state index < -0.39 is 11.9 Å². The molecule has 1 amide bonds. The molecule has 2 rings (SSSR count). The van der Waals surface area contributed by atoms with Crippen LogP contribution in [0.5, 0.6) is 0 Å². The van der Waals surface area contributed by atoms with Crippen LogP contribution < -0.4 is 5.32 Å². The Bertz CT molecular complexity index is 683. The minimum atomic E-state index is -1.10. The maximum atomic E-state index is 12.1. The Hall–Kier alpha value is -2.56. The number of carbonyl (C=O) groups excluding carboxylic acids is 1. The Morgan fingerprint density at radius 2 is 1.86 bits per heavy atom. The third-order valence-corrected chi connectivity index (χ3v) is 3.42. The summed E-state index contributed by atoms with van der Waals surface area (Å²) >= 11 is 0. The summed E-state index contributed by atoms with van der Waals surface area (Å²) in [6.45, 7) is 5.96. The zero-order valence-electron chi connectivity index (χ0n) is 12.8. The molecule has 116 valence electrons. The van der Waals surface area contributed by atoms with Crippen LogP contribution in [-0.4, -0.2) is 17.0 Å². The van der Waals surface area contributed by atoms with E-state index >= 15 is 0 Å². The quantitative estimate of drug-likeness (QED) is 0.877. The zero-order valence-corrected chi connectivity index (χ0v) is 12.8. The van der Waals surface area contributed by atoms with E-state index in [1.54, 1.807) is 6.92 Å². The molecule has 1 aromatic heterocycles. The van der Waals surface area contributed by atoms with Gasteiger partial charge in [-0.15, -0.1) is 0 Å². The van der Waals surface area contributed by atoms with Crippen LogP contribution in [0, 0.1) is 0 Å². The van der Waals surface area contributed by atoms with Crippen molar-refractivity contribution in [2.75, 3.05) is 5.32 Å². The predicted molar refractivity (Wildman–Crippen MR) is 83.5 cm³/mol. The minimum absolute atomic E-state index is 0.00202. The van der Waals surface area contributed by atoms with Crippen molar-refractivity contribution in [1.29, 1.82) is 0 Å². The maximum absolute atomic E-state index is 12.1. The molecule has 0 fully saturated rings. The summed E-state index contributed by atoms with van der Waals surface area (Å²) in [5.74, 6) is -0.838. The first kappa shape index (κ1) is 15.8. The van der Waals surface area contributed by atoms with Crippen molar-refractivity contribution in [2.45, 2.75) is 33.1 Å². The molecule has 0 radical (unpaired) electrons. The van der Waals surface area contributed by atoms with Crippen LogP contribution in [0.4, 0.5) is 5.69 Å². The number of aromatic carboxylic acids is 1. The second-order valence-electron chi connectivity index (χ2n) is 5.34. The van der Waals surface area contributed by atoms with Gasteiger partial charge in [0, 0.05) is 18.2 Å². The summed E-state index contributed by atoms with van der Waals surface area (Å²) in [6, 6.07) is 8.79. The van der Waals surface area contributed by atoms with Gasteiger partial charge in [-0.2, -0.15) is 0 Å². The standard InChI is InChI=1S/C17H19NO4/c1-4-14-13(17(20)21)9-15(22-14)16(19)18-12-7-5-11(6-8-12)10(2)3/h5-10H,4H2,1-3H3,(H,18,19)(H,20,21). The molecule has 2 N–H and O–H groups in total. The number of hydrogen-bond donors (Lipinski definition) is 2. The molecule has 0 unspecified atom stereocenters. The van der Waals surface area contributed by atoms with E-state index in [9.17, 15) is 9.59 Å². The van der Waals surface area contributed by atoms with Crippen LogP contribution in [0.3, 0.4) is 0 Å². The fourth-order valence-electron chi connectivity index (χ4n) is 2.13. The average Bonchev–Trinajstić information content (AvgIpc) is 2.92. The summed E-state index contributed by atoms with van der Waals surface area (Å²) in [7, 11) is 0. The van der Waals surface area contributed by atoms with Crippen molar-refractivity contribution in [3.63, 3.8) is 0 Å². The summed E-state index contributed by atoms with van der Waals surface area (Å²) in [5, 5.41) is 11.8. The highest BCUT2D eigenvalue weighted by Crippen LogP contribution is 2.20. The first-order chi connectivity index (χ1) is 10.4. The molecule has 0 saturated heterocycles. The Labute approximate surface area is 129 Å². The summed E-state index contributed by atoms with van der Waals surface area (Å²) in [6.07, 6.45) is 0.415. The third-order valence-electron chi connectivity index (χ3n) is 3.42. The van der Waals surface area contributed by atoms with Crippen LogP contribution in [0.2, 0.25) is 0 Å². The zero-order chi connectivity index (χ0) is 16.3. The normalized spacial score (nSPS) is 10.7. The monoisotopic (exact) mass is 301 g/mol. The van der Waals surface area contributed by atoms with Gasteiger partial charge in [-0.05, 0) is 23.6 Å². The molecule has 0 atom stereocenters. The number of aryl methyl sites for hydroxylation is 1. The average molecular weight is 301 g/mol. The predicted octanol–water partition coefficient (Wildman–Crippen LogP) is 3.92. The highest BCUT2D eigenvalue weighted by Gasteiger charge is 2.20. The Morgan fingerprint density at radius 3 is 2.32 bits per heavy atom. The minimum Gasteiger partial charge on any atom is -0.478 e. The number of furan rings is 1. The molecule has 0 bridgehead atoms. The second kappa shape index (κ2) is 6.47. The SMILES string of the molecule is CCc1oc(C(=O)Nc2ccc(C(C)C)cc2)cc1C(=O)O. The molecule has 0 spiro atoms. The van der Waals surface area contributed by atoms with Gasteiger partial charge in [-0.1, -0.05) is 32.9 Å². The van der Waals surface area contributed by atoms with Crippen LogP contribution in [0.15, 0.2) is 34.7 Å². The van der Waals surface area contributed by atoms with E-state index in [2.05, 4.69) is 19.2 Å². The van der Waals surface area contributed by atoms with Gasteiger partial charge in [0.25, 0.3) is 5.91 Å². The van der Waals surface area contributed by atoms with Crippen LogP contribution in [-0.2, 0) is 6.42 Å². The number of rotatable bonds is 5. The molecule has 1 heterocycles. The van der Waals surface area contributed by atoms with Gasteiger partial charge in [-0.3, -0.25) is 4.79 Å². The van der Waals surface area contributed by atoms with E-state index in [0.29, 0.717) is 23.8 Å². The Morgan fingerprint density at radius 1 is 1.23 bits per heavy atom. The van der Waals surface area contributed by atoms with Gasteiger partial charge in [0.15, 0.2) is 5.76 Å². The van der Waals surface area contributed by atoms with Crippen molar-refractivity contribution in [2.24, 2.45) is 0 Å². The van der Waals surface area contributed by atoms with Gasteiger partial charge in [0.2, 0.25) is 0 Å². The van der Waals surface area contributed by atoms with Crippen molar-refractivity contribution < 1.29 is 19.1 Å².